The zero-order chi connectivity index (χ0) is 16.1. The Hall–Kier alpha value is -2.33. The lowest BCUT2D eigenvalue weighted by atomic mass is 10.00. The summed E-state index contributed by atoms with van der Waals surface area (Å²) in [5, 5.41) is 2.93. The van der Waals surface area contributed by atoms with Crippen molar-refractivity contribution in [3.63, 3.8) is 0 Å². The van der Waals surface area contributed by atoms with E-state index >= 15 is 0 Å². The quantitative estimate of drug-likeness (QED) is 0.923. The average molecular weight is 310 g/mol. The summed E-state index contributed by atoms with van der Waals surface area (Å²) in [5.74, 6) is 0.709. The fraction of sp³-hybridized carbons (Fsp3) is 0.316. The SMILES string of the molecule is COc1ccccc1NC(=O)CCN1CCc2ccccc2C1. The third-order valence-corrected chi connectivity index (χ3v) is 4.25. The highest BCUT2D eigenvalue weighted by Crippen LogP contribution is 2.23. The molecule has 2 aromatic carbocycles. The van der Waals surface area contributed by atoms with Gasteiger partial charge in [0, 0.05) is 26.1 Å². The topological polar surface area (TPSA) is 41.6 Å². The van der Waals surface area contributed by atoms with Crippen molar-refractivity contribution in [1.82, 2.24) is 4.90 Å². The number of methoxy groups -OCH3 is 1. The van der Waals surface area contributed by atoms with Crippen LogP contribution in [0, 0.1) is 0 Å². The molecule has 23 heavy (non-hydrogen) atoms. The average Bonchev–Trinajstić information content (AvgIpc) is 2.60. The first-order valence-corrected chi connectivity index (χ1v) is 7.98. The summed E-state index contributed by atoms with van der Waals surface area (Å²) in [4.78, 5) is 14.5. The van der Waals surface area contributed by atoms with Crippen molar-refractivity contribution in [2.75, 3.05) is 25.5 Å². The summed E-state index contributed by atoms with van der Waals surface area (Å²) in [6, 6.07) is 16.0. The number of rotatable bonds is 5. The zero-order valence-corrected chi connectivity index (χ0v) is 13.4. The molecule has 120 valence electrons. The number of nitrogens with zero attached hydrogens (tertiary/aromatic N) is 1. The minimum absolute atomic E-state index is 0.0216. The monoisotopic (exact) mass is 310 g/mol. The van der Waals surface area contributed by atoms with Crippen LogP contribution in [0.5, 0.6) is 5.75 Å². The maximum absolute atomic E-state index is 12.2. The maximum atomic E-state index is 12.2. The van der Waals surface area contributed by atoms with Crippen LogP contribution in [-0.2, 0) is 17.8 Å². The van der Waals surface area contributed by atoms with E-state index in [0.717, 1.165) is 31.7 Å². The largest absolute Gasteiger partial charge is 0.495 e. The lowest BCUT2D eigenvalue weighted by molar-refractivity contribution is -0.116. The third-order valence-electron chi connectivity index (χ3n) is 4.25. The van der Waals surface area contributed by atoms with Gasteiger partial charge in [0.25, 0.3) is 0 Å². The minimum atomic E-state index is 0.0216. The molecule has 1 N–H and O–H groups in total. The summed E-state index contributed by atoms with van der Waals surface area (Å²) in [6.45, 7) is 2.71. The van der Waals surface area contributed by atoms with Gasteiger partial charge in [-0.3, -0.25) is 9.69 Å². The molecule has 1 aliphatic heterocycles. The Bertz CT molecular complexity index is 685. The smallest absolute Gasteiger partial charge is 0.225 e. The maximum Gasteiger partial charge on any atom is 0.225 e. The second-order valence-corrected chi connectivity index (χ2v) is 5.79. The van der Waals surface area contributed by atoms with E-state index in [1.165, 1.54) is 11.1 Å². The number of carbonyl (C=O) groups excluding carboxylic acids is 1. The number of amides is 1. The van der Waals surface area contributed by atoms with E-state index in [1.54, 1.807) is 7.11 Å². The van der Waals surface area contributed by atoms with Gasteiger partial charge >= 0.3 is 0 Å². The van der Waals surface area contributed by atoms with Gasteiger partial charge in [0.05, 0.1) is 12.8 Å². The number of hydrogen-bond acceptors (Lipinski definition) is 3. The fourth-order valence-corrected chi connectivity index (χ4v) is 2.97. The van der Waals surface area contributed by atoms with Crippen LogP contribution in [0.15, 0.2) is 48.5 Å². The van der Waals surface area contributed by atoms with Crippen molar-refractivity contribution in [2.24, 2.45) is 0 Å². The van der Waals surface area contributed by atoms with E-state index in [4.69, 9.17) is 4.74 Å². The predicted molar refractivity (Wildman–Crippen MR) is 91.7 cm³/mol. The predicted octanol–water partition coefficient (Wildman–Crippen LogP) is 3.08. The number of para-hydroxylation sites is 2. The van der Waals surface area contributed by atoms with Crippen molar-refractivity contribution >= 4 is 11.6 Å². The van der Waals surface area contributed by atoms with E-state index < -0.39 is 0 Å². The van der Waals surface area contributed by atoms with E-state index in [9.17, 15) is 4.79 Å². The first-order chi connectivity index (χ1) is 11.3. The molecule has 1 aliphatic rings. The zero-order valence-electron chi connectivity index (χ0n) is 13.4. The molecule has 1 heterocycles. The van der Waals surface area contributed by atoms with Crippen LogP contribution in [0.2, 0.25) is 0 Å². The molecule has 2 aromatic rings. The van der Waals surface area contributed by atoms with Crippen molar-refractivity contribution < 1.29 is 9.53 Å². The van der Waals surface area contributed by atoms with Crippen molar-refractivity contribution in [3.8, 4) is 5.75 Å². The highest BCUT2D eigenvalue weighted by molar-refractivity contribution is 5.92. The summed E-state index contributed by atoms with van der Waals surface area (Å²) in [6.07, 6.45) is 1.55. The molecule has 3 rings (SSSR count). The molecule has 4 nitrogen and oxygen atoms in total. The number of fused-ring (bicyclic) bond motifs is 1. The number of nitrogens with one attached hydrogen (secondary N) is 1. The fourth-order valence-electron chi connectivity index (χ4n) is 2.97. The van der Waals surface area contributed by atoms with Crippen molar-refractivity contribution in [2.45, 2.75) is 19.4 Å². The van der Waals surface area contributed by atoms with Gasteiger partial charge in [0.1, 0.15) is 5.75 Å². The van der Waals surface area contributed by atoms with Gasteiger partial charge in [-0.2, -0.15) is 0 Å². The number of carbonyl (C=O) groups is 1. The molecule has 1 amide bonds. The Labute approximate surface area is 137 Å². The van der Waals surface area contributed by atoms with Gasteiger partial charge in [-0.15, -0.1) is 0 Å². The number of benzene rings is 2. The molecule has 0 spiro atoms. The van der Waals surface area contributed by atoms with E-state index in [0.29, 0.717) is 12.2 Å². The van der Waals surface area contributed by atoms with Crippen molar-refractivity contribution in [3.05, 3.63) is 59.7 Å². The summed E-state index contributed by atoms with van der Waals surface area (Å²) in [5.41, 5.74) is 3.54. The Kier molecular flexibility index (Phi) is 4.93. The van der Waals surface area contributed by atoms with Gasteiger partial charge < -0.3 is 10.1 Å². The molecule has 0 saturated carbocycles. The summed E-state index contributed by atoms with van der Waals surface area (Å²) in [7, 11) is 1.61. The summed E-state index contributed by atoms with van der Waals surface area (Å²) >= 11 is 0. The van der Waals surface area contributed by atoms with Crippen LogP contribution in [0.25, 0.3) is 0 Å². The standard InChI is InChI=1S/C19H22N2O2/c1-23-18-9-5-4-8-17(18)20-19(22)11-13-21-12-10-15-6-2-3-7-16(15)14-21/h2-9H,10-14H2,1H3,(H,20,22). The Morgan fingerprint density at radius 1 is 1.13 bits per heavy atom. The first-order valence-electron chi connectivity index (χ1n) is 7.98. The summed E-state index contributed by atoms with van der Waals surface area (Å²) < 4.78 is 5.25. The van der Waals surface area contributed by atoms with E-state index in [2.05, 4.69) is 34.5 Å². The highest BCUT2D eigenvalue weighted by atomic mass is 16.5. The Morgan fingerprint density at radius 3 is 2.70 bits per heavy atom. The van der Waals surface area contributed by atoms with Crippen LogP contribution < -0.4 is 10.1 Å². The van der Waals surface area contributed by atoms with Crippen LogP contribution in [-0.4, -0.2) is 31.0 Å². The minimum Gasteiger partial charge on any atom is -0.495 e. The Balaban J connectivity index is 1.52. The van der Waals surface area contributed by atoms with Gasteiger partial charge in [-0.25, -0.2) is 0 Å². The lowest BCUT2D eigenvalue weighted by Crippen LogP contribution is -2.33. The van der Waals surface area contributed by atoms with Crippen LogP contribution in [0.1, 0.15) is 17.5 Å². The number of anilines is 1. The van der Waals surface area contributed by atoms with Gasteiger partial charge in [0.15, 0.2) is 0 Å². The molecule has 0 unspecified atom stereocenters. The van der Waals surface area contributed by atoms with Crippen molar-refractivity contribution in [1.29, 1.82) is 0 Å². The second-order valence-electron chi connectivity index (χ2n) is 5.79. The molecule has 0 aliphatic carbocycles. The molecule has 0 bridgehead atoms. The van der Waals surface area contributed by atoms with Gasteiger partial charge in [0.2, 0.25) is 5.91 Å². The van der Waals surface area contributed by atoms with Crippen LogP contribution in [0.4, 0.5) is 5.69 Å². The number of hydrogen-bond donors (Lipinski definition) is 1. The lowest BCUT2D eigenvalue weighted by Gasteiger charge is -2.28. The molecule has 4 heteroatoms. The molecule has 0 atom stereocenters. The van der Waals surface area contributed by atoms with Crippen LogP contribution >= 0.6 is 0 Å². The second kappa shape index (κ2) is 7.29. The molecule has 0 radical (unpaired) electrons. The van der Waals surface area contributed by atoms with E-state index in [-0.39, 0.29) is 5.91 Å². The molecular formula is C19H22N2O2. The highest BCUT2D eigenvalue weighted by Gasteiger charge is 2.16. The van der Waals surface area contributed by atoms with Crippen LogP contribution in [0.3, 0.4) is 0 Å². The molecule has 0 aromatic heterocycles. The molecular weight excluding hydrogens is 288 g/mol. The third kappa shape index (κ3) is 3.90. The Morgan fingerprint density at radius 2 is 1.87 bits per heavy atom. The van der Waals surface area contributed by atoms with Gasteiger partial charge in [-0.1, -0.05) is 36.4 Å². The number of ether oxygens (including phenoxy) is 1. The first kappa shape index (κ1) is 15.6. The van der Waals surface area contributed by atoms with Gasteiger partial charge in [-0.05, 0) is 29.7 Å². The molecule has 0 fully saturated rings. The molecule has 0 saturated heterocycles. The normalized spacial score (nSPS) is 14.1. The van der Waals surface area contributed by atoms with E-state index in [1.807, 2.05) is 24.3 Å².